The SMILES string of the molecule is NP(O)O.O=c1ncccn1[C@@H]1O[C@H](CO)[C@@H](O)[C@H]1O. The highest BCUT2D eigenvalue weighted by Crippen LogP contribution is 2.27. The van der Waals surface area contributed by atoms with E-state index in [1.54, 1.807) is 0 Å². The zero-order chi connectivity index (χ0) is 15.3. The average molecular weight is 309 g/mol. The first kappa shape index (κ1) is 17.1. The summed E-state index contributed by atoms with van der Waals surface area (Å²) in [5.74, 6) is 0. The molecule has 4 atom stereocenters. The van der Waals surface area contributed by atoms with Gasteiger partial charge in [0.15, 0.2) is 6.23 Å². The van der Waals surface area contributed by atoms with Crippen LogP contribution in [0.1, 0.15) is 6.23 Å². The Kier molecular flexibility index (Phi) is 6.59. The second-order valence-corrected chi connectivity index (χ2v) is 4.50. The van der Waals surface area contributed by atoms with Crippen LogP contribution in [0.4, 0.5) is 0 Å². The van der Waals surface area contributed by atoms with E-state index in [4.69, 9.17) is 19.6 Å². The van der Waals surface area contributed by atoms with Crippen molar-refractivity contribution in [2.45, 2.75) is 24.5 Å². The quantitative estimate of drug-likeness (QED) is 0.312. The molecule has 2 heterocycles. The second-order valence-electron chi connectivity index (χ2n) is 3.86. The second kappa shape index (κ2) is 7.72. The maximum Gasteiger partial charge on any atom is 0.349 e. The van der Waals surface area contributed by atoms with E-state index in [9.17, 15) is 15.0 Å². The smallest absolute Gasteiger partial charge is 0.349 e. The van der Waals surface area contributed by atoms with E-state index in [1.165, 1.54) is 18.5 Å². The van der Waals surface area contributed by atoms with Gasteiger partial charge in [-0.3, -0.25) is 10.1 Å². The lowest BCUT2D eigenvalue weighted by molar-refractivity contribution is -0.0549. The van der Waals surface area contributed by atoms with Crippen molar-refractivity contribution in [1.82, 2.24) is 9.55 Å². The van der Waals surface area contributed by atoms with Crippen LogP contribution in [0.5, 0.6) is 0 Å². The number of nitrogens with two attached hydrogens (primary N) is 1. The molecule has 0 unspecified atom stereocenters. The molecule has 114 valence electrons. The molecule has 0 bridgehead atoms. The molecular weight excluding hydrogens is 293 g/mol. The van der Waals surface area contributed by atoms with Gasteiger partial charge in [0.05, 0.1) is 6.61 Å². The molecule has 10 nitrogen and oxygen atoms in total. The lowest BCUT2D eigenvalue weighted by atomic mass is 10.1. The molecular formula is C9H16N3O7P. The standard InChI is InChI=1S/C9H12N2O5.H4NO2P/c12-4-5-6(13)7(14)8(16-5)11-3-1-2-10-9(11)15;1-4(2)3/h1-3,5-8,12-14H,4H2;2-3H,1H2/t5-,6-,7-,8-;/m1./s1. The van der Waals surface area contributed by atoms with E-state index in [0.29, 0.717) is 0 Å². The van der Waals surface area contributed by atoms with Crippen molar-refractivity contribution in [1.29, 1.82) is 0 Å². The fraction of sp³-hybridized carbons (Fsp3) is 0.556. The van der Waals surface area contributed by atoms with Gasteiger partial charge < -0.3 is 29.8 Å². The third kappa shape index (κ3) is 4.27. The predicted molar refractivity (Wildman–Crippen MR) is 67.1 cm³/mol. The molecule has 20 heavy (non-hydrogen) atoms. The molecule has 2 rings (SSSR count). The van der Waals surface area contributed by atoms with Gasteiger partial charge in [0.1, 0.15) is 18.3 Å². The topological polar surface area (TPSA) is 171 Å². The van der Waals surface area contributed by atoms with Gasteiger partial charge in [0.2, 0.25) is 8.53 Å². The minimum atomic E-state index is -2.12. The van der Waals surface area contributed by atoms with E-state index in [1.807, 2.05) is 0 Å². The van der Waals surface area contributed by atoms with Crippen LogP contribution in [0.25, 0.3) is 0 Å². The Bertz CT molecular complexity index is 468. The van der Waals surface area contributed by atoms with E-state index in [-0.39, 0.29) is 0 Å². The summed E-state index contributed by atoms with van der Waals surface area (Å²) in [6.45, 7) is -0.427. The molecule has 1 aromatic rings. The van der Waals surface area contributed by atoms with Crippen LogP contribution >= 0.6 is 8.53 Å². The first-order valence-electron chi connectivity index (χ1n) is 5.46. The molecule has 0 aliphatic carbocycles. The predicted octanol–water partition coefficient (Wildman–Crippen LogP) is -2.99. The zero-order valence-corrected chi connectivity index (χ0v) is 11.1. The van der Waals surface area contributed by atoms with Crippen molar-refractivity contribution < 1.29 is 29.8 Å². The molecule has 0 saturated carbocycles. The molecule has 0 amide bonds. The van der Waals surface area contributed by atoms with Crippen LogP contribution in [0.3, 0.4) is 0 Å². The Morgan fingerprint density at radius 3 is 2.45 bits per heavy atom. The molecule has 1 aliphatic heterocycles. The summed E-state index contributed by atoms with van der Waals surface area (Å²) in [7, 11) is -2.12. The van der Waals surface area contributed by atoms with Crippen molar-refractivity contribution in [2.24, 2.45) is 5.50 Å². The van der Waals surface area contributed by atoms with Crippen LogP contribution in [0, 0.1) is 0 Å². The van der Waals surface area contributed by atoms with Gasteiger partial charge in [-0.15, -0.1) is 0 Å². The Labute approximate surface area is 114 Å². The fourth-order valence-corrected chi connectivity index (χ4v) is 1.67. The van der Waals surface area contributed by atoms with Crippen LogP contribution in [0.15, 0.2) is 23.3 Å². The lowest BCUT2D eigenvalue weighted by Crippen LogP contribution is -2.35. The van der Waals surface area contributed by atoms with E-state index in [2.05, 4.69) is 10.5 Å². The summed E-state index contributed by atoms with van der Waals surface area (Å²) in [6.07, 6.45) is -1.68. The highest BCUT2D eigenvalue weighted by atomic mass is 31.2. The van der Waals surface area contributed by atoms with Gasteiger partial charge >= 0.3 is 5.69 Å². The normalized spacial score (nSPS) is 29.1. The van der Waals surface area contributed by atoms with Gasteiger partial charge in [-0.1, -0.05) is 0 Å². The van der Waals surface area contributed by atoms with Crippen LogP contribution in [-0.2, 0) is 4.74 Å². The van der Waals surface area contributed by atoms with Crippen LogP contribution in [0.2, 0.25) is 0 Å². The van der Waals surface area contributed by atoms with Gasteiger partial charge in [-0.05, 0) is 6.07 Å². The highest BCUT2D eigenvalue weighted by molar-refractivity contribution is 7.42. The number of aliphatic hydroxyl groups excluding tert-OH is 3. The number of aliphatic hydroxyl groups is 3. The third-order valence-corrected chi connectivity index (χ3v) is 2.53. The molecule has 0 spiro atoms. The monoisotopic (exact) mass is 309 g/mol. The molecule has 1 aliphatic rings. The summed E-state index contributed by atoms with van der Waals surface area (Å²) in [5, 5.41) is 28.1. The molecule has 0 aromatic carbocycles. The van der Waals surface area contributed by atoms with Crippen molar-refractivity contribution in [3.05, 3.63) is 28.9 Å². The Hall–Kier alpha value is -0.970. The largest absolute Gasteiger partial charge is 0.394 e. The van der Waals surface area contributed by atoms with Crippen LogP contribution < -0.4 is 11.2 Å². The number of hydrogen-bond donors (Lipinski definition) is 6. The van der Waals surface area contributed by atoms with Gasteiger partial charge in [-0.25, -0.2) is 9.78 Å². The number of aromatic nitrogens is 2. The summed E-state index contributed by atoms with van der Waals surface area (Å²) in [6, 6.07) is 1.51. The number of ether oxygens (including phenoxy) is 1. The molecule has 1 saturated heterocycles. The van der Waals surface area contributed by atoms with E-state index in [0.717, 1.165) is 4.57 Å². The zero-order valence-electron chi connectivity index (χ0n) is 10.2. The van der Waals surface area contributed by atoms with Crippen molar-refractivity contribution in [3.8, 4) is 0 Å². The maximum absolute atomic E-state index is 11.4. The highest BCUT2D eigenvalue weighted by Gasteiger charge is 2.43. The van der Waals surface area contributed by atoms with Crippen molar-refractivity contribution in [3.63, 3.8) is 0 Å². The lowest BCUT2D eigenvalue weighted by Gasteiger charge is -2.16. The first-order chi connectivity index (χ1) is 9.38. The minimum Gasteiger partial charge on any atom is -0.394 e. The van der Waals surface area contributed by atoms with Gasteiger partial charge in [-0.2, -0.15) is 0 Å². The fourth-order valence-electron chi connectivity index (χ4n) is 1.67. The summed E-state index contributed by atoms with van der Waals surface area (Å²) < 4.78 is 6.25. The summed E-state index contributed by atoms with van der Waals surface area (Å²) >= 11 is 0. The minimum absolute atomic E-state index is 0.427. The number of rotatable bonds is 2. The van der Waals surface area contributed by atoms with E-state index < -0.39 is 45.4 Å². The Morgan fingerprint density at radius 1 is 1.40 bits per heavy atom. The maximum atomic E-state index is 11.4. The van der Waals surface area contributed by atoms with Gasteiger partial charge in [0, 0.05) is 12.4 Å². The number of hydrogen-bond acceptors (Lipinski definition) is 9. The Morgan fingerprint density at radius 2 is 2.00 bits per heavy atom. The molecule has 1 aromatic heterocycles. The summed E-state index contributed by atoms with van der Waals surface area (Å²) in [4.78, 5) is 29.8. The molecule has 7 N–H and O–H groups in total. The summed E-state index contributed by atoms with van der Waals surface area (Å²) in [5.41, 5.74) is 3.70. The van der Waals surface area contributed by atoms with Crippen molar-refractivity contribution >= 4 is 8.53 Å². The third-order valence-electron chi connectivity index (χ3n) is 2.53. The van der Waals surface area contributed by atoms with E-state index >= 15 is 0 Å². The first-order valence-corrected chi connectivity index (χ1v) is 6.78. The van der Waals surface area contributed by atoms with Crippen LogP contribution in [-0.4, -0.2) is 59.6 Å². The molecule has 1 fully saturated rings. The molecule has 0 radical (unpaired) electrons. The number of nitrogens with zero attached hydrogens (tertiary/aromatic N) is 2. The molecule has 11 heteroatoms. The van der Waals surface area contributed by atoms with Crippen molar-refractivity contribution in [2.75, 3.05) is 6.61 Å². The van der Waals surface area contributed by atoms with Gasteiger partial charge in [0.25, 0.3) is 0 Å². The average Bonchev–Trinajstić information content (AvgIpc) is 2.66. The Balaban J connectivity index is 0.000000444.